The number of nitrogens with zero attached hydrogens (tertiary/aromatic N) is 1. The Bertz CT molecular complexity index is 1150. The van der Waals surface area contributed by atoms with E-state index >= 15 is 0 Å². The Morgan fingerprint density at radius 3 is 2.25 bits per heavy atom. The monoisotopic (exact) mass is 381 g/mol. The minimum Gasteiger partial charge on any atom is -0.496 e. The first-order valence-corrected chi connectivity index (χ1v) is 8.64. The third kappa shape index (κ3) is 2.43. The summed E-state index contributed by atoms with van der Waals surface area (Å²) in [6, 6.07) is 9.61. The second kappa shape index (κ2) is 6.60. The number of carbonyl (C=O) groups is 1. The highest BCUT2D eigenvalue weighted by atomic mass is 16.5. The second-order valence-corrected chi connectivity index (χ2v) is 6.44. The summed E-state index contributed by atoms with van der Waals surface area (Å²) in [5.41, 5.74) is 1.04. The molecule has 0 radical (unpaired) electrons. The maximum atomic E-state index is 13.2. The van der Waals surface area contributed by atoms with Gasteiger partial charge in [0, 0.05) is 18.7 Å². The summed E-state index contributed by atoms with van der Waals surface area (Å²) < 4.78 is 22.1. The van der Waals surface area contributed by atoms with Gasteiger partial charge in [-0.05, 0) is 18.2 Å². The fourth-order valence-electron chi connectivity index (χ4n) is 3.67. The molecule has 0 fully saturated rings. The number of para-hydroxylation sites is 1. The van der Waals surface area contributed by atoms with Gasteiger partial charge < -0.3 is 23.5 Å². The summed E-state index contributed by atoms with van der Waals surface area (Å²) in [6.07, 6.45) is 0. The highest BCUT2D eigenvalue weighted by Crippen LogP contribution is 2.44. The number of amides is 1. The maximum absolute atomic E-state index is 13.2. The van der Waals surface area contributed by atoms with Gasteiger partial charge in [0.15, 0.2) is 16.9 Å². The van der Waals surface area contributed by atoms with Crippen LogP contribution in [0.2, 0.25) is 0 Å². The Morgan fingerprint density at radius 1 is 0.929 bits per heavy atom. The average Bonchev–Trinajstić information content (AvgIpc) is 2.98. The van der Waals surface area contributed by atoms with E-state index in [9.17, 15) is 9.59 Å². The predicted octanol–water partition coefficient (Wildman–Crippen LogP) is 2.99. The van der Waals surface area contributed by atoms with Crippen LogP contribution >= 0.6 is 0 Å². The highest BCUT2D eigenvalue weighted by Gasteiger charge is 2.42. The molecule has 0 aliphatic carbocycles. The van der Waals surface area contributed by atoms with Crippen LogP contribution in [0.15, 0.2) is 45.6 Å². The van der Waals surface area contributed by atoms with Crippen molar-refractivity contribution in [3.8, 4) is 17.2 Å². The first kappa shape index (κ1) is 17.9. The zero-order chi connectivity index (χ0) is 20.0. The summed E-state index contributed by atoms with van der Waals surface area (Å²) >= 11 is 0. The molecule has 28 heavy (non-hydrogen) atoms. The molecule has 2 heterocycles. The number of carbonyl (C=O) groups excluding carboxylic acids is 1. The van der Waals surface area contributed by atoms with Crippen molar-refractivity contribution in [3.63, 3.8) is 0 Å². The van der Waals surface area contributed by atoms with Crippen molar-refractivity contribution in [3.05, 3.63) is 63.5 Å². The Kier molecular flexibility index (Phi) is 4.22. The lowest BCUT2D eigenvalue weighted by Crippen LogP contribution is -2.25. The minimum atomic E-state index is -0.668. The molecular formula is C21H19NO6. The molecular weight excluding hydrogens is 362 g/mol. The lowest BCUT2D eigenvalue weighted by Gasteiger charge is -2.23. The summed E-state index contributed by atoms with van der Waals surface area (Å²) in [4.78, 5) is 27.6. The molecule has 0 saturated heterocycles. The smallest absolute Gasteiger partial charge is 0.290 e. The van der Waals surface area contributed by atoms with Crippen LogP contribution in [0.5, 0.6) is 17.2 Å². The summed E-state index contributed by atoms with van der Waals surface area (Å²) in [5.74, 6) is 1.12. The topological polar surface area (TPSA) is 78.2 Å². The Morgan fingerprint density at radius 2 is 1.57 bits per heavy atom. The number of rotatable bonds is 4. The first-order chi connectivity index (χ1) is 13.5. The molecule has 4 rings (SSSR count). The van der Waals surface area contributed by atoms with Crippen molar-refractivity contribution in [1.29, 1.82) is 0 Å². The van der Waals surface area contributed by atoms with Crippen molar-refractivity contribution in [2.75, 3.05) is 28.4 Å². The molecule has 1 aliphatic rings. The molecule has 2 aromatic carbocycles. The van der Waals surface area contributed by atoms with Crippen molar-refractivity contribution < 1.29 is 23.4 Å². The van der Waals surface area contributed by atoms with Crippen LogP contribution in [-0.2, 0) is 0 Å². The van der Waals surface area contributed by atoms with E-state index in [1.54, 1.807) is 43.4 Å². The first-order valence-electron chi connectivity index (χ1n) is 8.64. The van der Waals surface area contributed by atoms with Crippen LogP contribution in [0.4, 0.5) is 0 Å². The van der Waals surface area contributed by atoms with Crippen LogP contribution in [0, 0.1) is 0 Å². The highest BCUT2D eigenvalue weighted by molar-refractivity contribution is 5.99. The zero-order valence-electron chi connectivity index (χ0n) is 15.9. The molecule has 0 unspecified atom stereocenters. The van der Waals surface area contributed by atoms with Gasteiger partial charge in [0.2, 0.25) is 5.76 Å². The van der Waals surface area contributed by atoms with Gasteiger partial charge in [0.05, 0.1) is 38.3 Å². The summed E-state index contributed by atoms with van der Waals surface area (Å²) in [7, 11) is 6.19. The molecule has 0 N–H and O–H groups in total. The molecule has 7 heteroatoms. The third-order valence-corrected chi connectivity index (χ3v) is 5.04. The maximum Gasteiger partial charge on any atom is 0.290 e. The Labute approximate surface area is 161 Å². The van der Waals surface area contributed by atoms with Crippen LogP contribution < -0.4 is 19.6 Å². The number of hydrogen-bond acceptors (Lipinski definition) is 6. The van der Waals surface area contributed by atoms with Gasteiger partial charge in [0.1, 0.15) is 11.3 Å². The molecule has 1 amide bonds. The van der Waals surface area contributed by atoms with Crippen molar-refractivity contribution in [2.24, 2.45) is 0 Å². The molecule has 0 spiro atoms. The van der Waals surface area contributed by atoms with E-state index in [4.69, 9.17) is 18.6 Å². The largest absolute Gasteiger partial charge is 0.496 e. The molecule has 1 aliphatic heterocycles. The Hall–Kier alpha value is -3.48. The van der Waals surface area contributed by atoms with Gasteiger partial charge >= 0.3 is 0 Å². The number of hydrogen-bond donors (Lipinski definition) is 0. The van der Waals surface area contributed by atoms with Gasteiger partial charge in [-0.25, -0.2) is 0 Å². The van der Waals surface area contributed by atoms with E-state index in [0.717, 1.165) is 0 Å². The van der Waals surface area contributed by atoms with Crippen LogP contribution in [0.3, 0.4) is 0 Å². The zero-order valence-corrected chi connectivity index (χ0v) is 15.9. The molecule has 7 nitrogen and oxygen atoms in total. The molecule has 1 aromatic heterocycles. The number of ether oxygens (including phenoxy) is 3. The summed E-state index contributed by atoms with van der Waals surface area (Å²) in [5, 5.41) is 0.425. The minimum absolute atomic E-state index is 0.0491. The van der Waals surface area contributed by atoms with Crippen LogP contribution in [0.1, 0.15) is 27.7 Å². The molecule has 0 bridgehead atoms. The fraction of sp³-hybridized carbons (Fsp3) is 0.238. The lowest BCUT2D eigenvalue weighted by molar-refractivity contribution is 0.0770. The number of benzene rings is 2. The third-order valence-electron chi connectivity index (χ3n) is 5.04. The molecule has 1 atom stereocenters. The van der Waals surface area contributed by atoms with E-state index in [1.165, 1.54) is 26.2 Å². The second-order valence-electron chi connectivity index (χ2n) is 6.44. The molecule has 0 saturated carbocycles. The van der Waals surface area contributed by atoms with Gasteiger partial charge in [-0.1, -0.05) is 12.1 Å². The number of methoxy groups -OCH3 is 3. The van der Waals surface area contributed by atoms with Crippen LogP contribution in [0.25, 0.3) is 11.0 Å². The fourth-order valence-corrected chi connectivity index (χ4v) is 3.67. The van der Waals surface area contributed by atoms with E-state index < -0.39 is 6.04 Å². The van der Waals surface area contributed by atoms with Crippen molar-refractivity contribution >= 4 is 16.9 Å². The van der Waals surface area contributed by atoms with Gasteiger partial charge in [-0.15, -0.1) is 0 Å². The van der Waals surface area contributed by atoms with E-state index in [0.29, 0.717) is 33.8 Å². The normalized spacial score (nSPS) is 15.6. The molecule has 3 aromatic rings. The van der Waals surface area contributed by atoms with Gasteiger partial charge in [-0.2, -0.15) is 0 Å². The van der Waals surface area contributed by atoms with Gasteiger partial charge in [0.25, 0.3) is 5.91 Å². The quantitative estimate of drug-likeness (QED) is 0.691. The van der Waals surface area contributed by atoms with Crippen molar-refractivity contribution in [2.45, 2.75) is 6.04 Å². The predicted molar refractivity (Wildman–Crippen MR) is 103 cm³/mol. The standard InChI is InChI=1S/C21H19NO6/c1-22-18(12-9-15(26-3)16(27-4)10-14(12)25-2)17-19(23)11-7-5-6-8-13(11)28-20(17)21(22)24/h5-10,18H,1-4H3/t18-/m1/s1. The number of fused-ring (bicyclic) bond motifs is 2. The lowest BCUT2D eigenvalue weighted by atomic mass is 9.97. The summed E-state index contributed by atoms with van der Waals surface area (Å²) in [6.45, 7) is 0. The van der Waals surface area contributed by atoms with E-state index in [1.807, 2.05) is 0 Å². The van der Waals surface area contributed by atoms with E-state index in [2.05, 4.69) is 0 Å². The SMILES string of the molecule is COc1cc(OC)c([C@@H]2c3c(oc4ccccc4c3=O)C(=O)N2C)cc1OC. The van der Waals surface area contributed by atoms with Crippen LogP contribution in [-0.4, -0.2) is 39.2 Å². The van der Waals surface area contributed by atoms with Gasteiger partial charge in [-0.3, -0.25) is 9.59 Å². The molecule has 144 valence electrons. The van der Waals surface area contributed by atoms with E-state index in [-0.39, 0.29) is 22.7 Å². The average molecular weight is 381 g/mol. The van der Waals surface area contributed by atoms with Crippen molar-refractivity contribution in [1.82, 2.24) is 4.90 Å². The Balaban J connectivity index is 2.03.